The molecule has 19 heavy (non-hydrogen) atoms. The van der Waals surface area contributed by atoms with Gasteiger partial charge in [0.1, 0.15) is 0 Å². The van der Waals surface area contributed by atoms with E-state index in [0.717, 1.165) is 22.8 Å². The number of nitrogens with zero attached hydrogens (tertiary/aromatic N) is 2. The third kappa shape index (κ3) is 3.48. The molecule has 1 aliphatic rings. The van der Waals surface area contributed by atoms with Crippen molar-refractivity contribution in [3.8, 4) is 0 Å². The van der Waals surface area contributed by atoms with Crippen molar-refractivity contribution in [3.05, 3.63) is 16.4 Å². The van der Waals surface area contributed by atoms with Crippen molar-refractivity contribution in [3.63, 3.8) is 0 Å². The van der Waals surface area contributed by atoms with E-state index < -0.39 is 5.60 Å². The van der Waals surface area contributed by atoms with Crippen molar-refractivity contribution in [2.75, 3.05) is 19.8 Å². The first kappa shape index (κ1) is 14.8. The van der Waals surface area contributed by atoms with Gasteiger partial charge in [-0.15, -0.1) is 0 Å². The second kappa shape index (κ2) is 6.22. The number of aromatic nitrogens is 2. The molecular weight excluding hydrogens is 266 g/mol. The summed E-state index contributed by atoms with van der Waals surface area (Å²) in [7, 11) is 1.89. The average molecular weight is 288 g/mol. The molecule has 0 aromatic carbocycles. The number of aryl methyl sites for hydroxylation is 2. The van der Waals surface area contributed by atoms with Gasteiger partial charge in [-0.2, -0.15) is 5.10 Å². The second-order valence-corrected chi connectivity index (χ2v) is 5.50. The SMILES string of the molecule is CCc1nn(C)c(CNCC2(O)CCOCC2)c1Cl. The summed E-state index contributed by atoms with van der Waals surface area (Å²) in [4.78, 5) is 0. The van der Waals surface area contributed by atoms with Crippen molar-refractivity contribution in [1.29, 1.82) is 0 Å². The summed E-state index contributed by atoms with van der Waals surface area (Å²) >= 11 is 6.28. The standard InChI is InChI=1S/C13H22ClN3O2/c1-3-10-12(14)11(17(2)16-10)8-15-9-13(18)4-6-19-7-5-13/h15,18H,3-9H2,1-2H3. The highest BCUT2D eigenvalue weighted by atomic mass is 35.5. The van der Waals surface area contributed by atoms with E-state index in [0.29, 0.717) is 39.1 Å². The fourth-order valence-corrected chi connectivity index (χ4v) is 2.71. The Kier molecular flexibility index (Phi) is 4.84. The zero-order valence-corrected chi connectivity index (χ0v) is 12.3. The maximum atomic E-state index is 10.3. The molecule has 108 valence electrons. The van der Waals surface area contributed by atoms with Crippen LogP contribution in [0.5, 0.6) is 0 Å². The summed E-state index contributed by atoms with van der Waals surface area (Å²) in [5.41, 5.74) is 1.23. The largest absolute Gasteiger partial charge is 0.388 e. The van der Waals surface area contributed by atoms with Crippen LogP contribution in [0.15, 0.2) is 0 Å². The van der Waals surface area contributed by atoms with Gasteiger partial charge in [-0.25, -0.2) is 0 Å². The van der Waals surface area contributed by atoms with Crippen LogP contribution in [0.2, 0.25) is 5.02 Å². The lowest BCUT2D eigenvalue weighted by Crippen LogP contribution is -2.44. The number of hydrogen-bond donors (Lipinski definition) is 2. The predicted octanol–water partition coefficient (Wildman–Crippen LogP) is 1.27. The molecule has 0 radical (unpaired) electrons. The Morgan fingerprint density at radius 2 is 2.16 bits per heavy atom. The van der Waals surface area contributed by atoms with Crippen LogP contribution in [-0.4, -0.2) is 40.2 Å². The van der Waals surface area contributed by atoms with Gasteiger partial charge in [0.15, 0.2) is 0 Å². The summed E-state index contributed by atoms with van der Waals surface area (Å²) in [6.07, 6.45) is 2.19. The molecule has 5 nitrogen and oxygen atoms in total. The summed E-state index contributed by atoms with van der Waals surface area (Å²) in [6, 6.07) is 0. The molecule has 6 heteroatoms. The molecule has 1 aromatic rings. The summed E-state index contributed by atoms with van der Waals surface area (Å²) in [6.45, 7) is 4.47. The molecule has 0 unspecified atom stereocenters. The van der Waals surface area contributed by atoms with E-state index in [-0.39, 0.29) is 0 Å². The molecule has 2 rings (SSSR count). The number of ether oxygens (including phenoxy) is 1. The van der Waals surface area contributed by atoms with Crippen LogP contribution in [0.4, 0.5) is 0 Å². The van der Waals surface area contributed by atoms with E-state index in [9.17, 15) is 5.11 Å². The van der Waals surface area contributed by atoms with Gasteiger partial charge >= 0.3 is 0 Å². The number of aliphatic hydroxyl groups is 1. The molecule has 0 saturated carbocycles. The molecule has 1 saturated heterocycles. The van der Waals surface area contributed by atoms with E-state index in [1.807, 2.05) is 18.7 Å². The van der Waals surface area contributed by atoms with Gasteiger partial charge in [-0.1, -0.05) is 18.5 Å². The fraction of sp³-hybridized carbons (Fsp3) is 0.769. The minimum atomic E-state index is -0.656. The third-order valence-corrected chi connectivity index (χ3v) is 4.11. The summed E-state index contributed by atoms with van der Waals surface area (Å²) < 4.78 is 7.07. The van der Waals surface area contributed by atoms with Crippen molar-refractivity contribution in [2.24, 2.45) is 7.05 Å². The Hall–Kier alpha value is -0.620. The van der Waals surface area contributed by atoms with Gasteiger partial charge in [0.05, 0.1) is 22.0 Å². The van der Waals surface area contributed by atoms with Crippen molar-refractivity contribution in [2.45, 2.75) is 38.3 Å². The predicted molar refractivity (Wildman–Crippen MR) is 74.3 cm³/mol. The maximum absolute atomic E-state index is 10.3. The lowest BCUT2D eigenvalue weighted by molar-refractivity contribution is -0.0617. The van der Waals surface area contributed by atoms with Crippen LogP contribution in [0.25, 0.3) is 0 Å². The van der Waals surface area contributed by atoms with E-state index in [1.165, 1.54) is 0 Å². The Morgan fingerprint density at radius 3 is 2.74 bits per heavy atom. The van der Waals surface area contributed by atoms with Crippen LogP contribution in [0, 0.1) is 0 Å². The van der Waals surface area contributed by atoms with Gasteiger partial charge < -0.3 is 15.2 Å². The molecule has 2 N–H and O–H groups in total. The zero-order valence-electron chi connectivity index (χ0n) is 11.6. The number of nitrogens with one attached hydrogen (secondary N) is 1. The average Bonchev–Trinajstić information content (AvgIpc) is 2.66. The summed E-state index contributed by atoms with van der Waals surface area (Å²) in [5.74, 6) is 0. The molecule has 1 aromatic heterocycles. The first-order chi connectivity index (χ1) is 9.06. The number of halogens is 1. The van der Waals surface area contributed by atoms with Crippen molar-refractivity contribution < 1.29 is 9.84 Å². The third-order valence-electron chi connectivity index (χ3n) is 3.67. The monoisotopic (exact) mass is 287 g/mol. The van der Waals surface area contributed by atoms with Crippen molar-refractivity contribution >= 4 is 11.6 Å². The molecule has 0 aliphatic carbocycles. The molecular formula is C13H22ClN3O2. The van der Waals surface area contributed by atoms with E-state index in [4.69, 9.17) is 16.3 Å². The Bertz CT molecular complexity index is 428. The molecule has 2 heterocycles. The lowest BCUT2D eigenvalue weighted by Gasteiger charge is -2.32. The molecule has 0 bridgehead atoms. The van der Waals surface area contributed by atoms with Crippen LogP contribution < -0.4 is 5.32 Å². The Morgan fingerprint density at radius 1 is 1.47 bits per heavy atom. The number of rotatable bonds is 5. The van der Waals surface area contributed by atoms with Gasteiger partial charge in [0.25, 0.3) is 0 Å². The minimum absolute atomic E-state index is 0.555. The van der Waals surface area contributed by atoms with Gasteiger partial charge in [0.2, 0.25) is 0 Å². The van der Waals surface area contributed by atoms with Crippen molar-refractivity contribution in [1.82, 2.24) is 15.1 Å². The lowest BCUT2D eigenvalue weighted by atomic mass is 9.94. The highest BCUT2D eigenvalue weighted by Gasteiger charge is 2.29. The van der Waals surface area contributed by atoms with E-state index in [2.05, 4.69) is 10.4 Å². The molecule has 0 atom stereocenters. The molecule has 1 aliphatic heterocycles. The van der Waals surface area contributed by atoms with Crippen LogP contribution >= 0.6 is 11.6 Å². The van der Waals surface area contributed by atoms with Gasteiger partial charge in [0, 0.05) is 46.2 Å². The highest BCUT2D eigenvalue weighted by molar-refractivity contribution is 6.31. The van der Waals surface area contributed by atoms with Crippen LogP contribution in [-0.2, 0) is 24.8 Å². The normalized spacial score (nSPS) is 18.7. The molecule has 1 fully saturated rings. The smallest absolute Gasteiger partial charge is 0.0863 e. The minimum Gasteiger partial charge on any atom is -0.388 e. The van der Waals surface area contributed by atoms with Crippen LogP contribution in [0.3, 0.4) is 0 Å². The van der Waals surface area contributed by atoms with E-state index in [1.54, 1.807) is 0 Å². The quantitative estimate of drug-likeness (QED) is 0.856. The topological polar surface area (TPSA) is 59.3 Å². The first-order valence-corrected chi connectivity index (χ1v) is 7.14. The summed E-state index contributed by atoms with van der Waals surface area (Å²) in [5, 5.41) is 18.7. The molecule has 0 amide bonds. The second-order valence-electron chi connectivity index (χ2n) is 5.12. The Labute approximate surface area is 118 Å². The van der Waals surface area contributed by atoms with Crippen LogP contribution in [0.1, 0.15) is 31.2 Å². The number of hydrogen-bond acceptors (Lipinski definition) is 4. The zero-order chi connectivity index (χ0) is 13.9. The maximum Gasteiger partial charge on any atom is 0.0863 e. The van der Waals surface area contributed by atoms with Gasteiger partial charge in [-0.05, 0) is 6.42 Å². The fourth-order valence-electron chi connectivity index (χ4n) is 2.35. The highest BCUT2D eigenvalue weighted by Crippen LogP contribution is 2.22. The molecule has 0 spiro atoms. The first-order valence-electron chi connectivity index (χ1n) is 6.77. The van der Waals surface area contributed by atoms with Gasteiger partial charge in [-0.3, -0.25) is 4.68 Å². The Balaban J connectivity index is 1.90. The van der Waals surface area contributed by atoms with E-state index >= 15 is 0 Å².